The minimum absolute atomic E-state index is 0.343. The Morgan fingerprint density at radius 3 is 2.70 bits per heavy atom. The summed E-state index contributed by atoms with van der Waals surface area (Å²) in [5, 5.41) is 4.18. The predicted octanol–water partition coefficient (Wildman–Crippen LogP) is -0.0182. The topological polar surface area (TPSA) is 120 Å². The molecule has 0 aliphatic rings. The summed E-state index contributed by atoms with van der Waals surface area (Å²) in [7, 11) is 1.34. The number of imide groups is 1. The molecule has 0 aliphatic carbocycles. The molecule has 0 fully saturated rings. The summed E-state index contributed by atoms with van der Waals surface area (Å²) in [5.41, 5.74) is 0.785. The number of hydrogen-bond donors (Lipinski definition) is 2. The van der Waals surface area contributed by atoms with Crippen LogP contribution < -0.4 is 16.4 Å². The number of amides is 3. The Bertz CT molecular complexity index is 806. The van der Waals surface area contributed by atoms with Gasteiger partial charge in [0.25, 0.3) is 5.91 Å². The predicted molar refractivity (Wildman–Crippen MR) is 78.6 cm³/mol. The molecule has 0 unspecified atom stereocenters. The Morgan fingerprint density at radius 1 is 1.30 bits per heavy atom. The molecular formula is C14H15N3O6. The molecule has 0 radical (unpaired) electrons. The highest BCUT2D eigenvalue weighted by atomic mass is 16.5. The zero-order valence-corrected chi connectivity index (χ0v) is 12.5. The number of para-hydroxylation sites is 2. The van der Waals surface area contributed by atoms with E-state index in [1.807, 2.05) is 5.32 Å². The van der Waals surface area contributed by atoms with E-state index in [1.54, 1.807) is 24.3 Å². The number of urea groups is 1. The van der Waals surface area contributed by atoms with Crippen molar-refractivity contribution in [2.75, 3.05) is 7.05 Å². The molecule has 0 aliphatic heterocycles. The third-order valence-corrected chi connectivity index (χ3v) is 3.00. The summed E-state index contributed by atoms with van der Waals surface area (Å²) in [4.78, 5) is 46.2. The molecule has 0 saturated carbocycles. The molecule has 23 heavy (non-hydrogen) atoms. The third-order valence-electron chi connectivity index (χ3n) is 3.00. The van der Waals surface area contributed by atoms with Crippen LogP contribution in [0.15, 0.2) is 33.5 Å². The first kappa shape index (κ1) is 16.3. The van der Waals surface area contributed by atoms with Crippen LogP contribution in [0, 0.1) is 0 Å². The molecule has 1 atom stereocenters. The van der Waals surface area contributed by atoms with Crippen LogP contribution in [0.3, 0.4) is 0 Å². The Hall–Kier alpha value is -3.10. The van der Waals surface area contributed by atoms with Crippen LogP contribution in [0.5, 0.6) is 0 Å². The van der Waals surface area contributed by atoms with Crippen molar-refractivity contribution in [3.63, 3.8) is 0 Å². The van der Waals surface area contributed by atoms with E-state index in [9.17, 15) is 19.2 Å². The summed E-state index contributed by atoms with van der Waals surface area (Å²) in [5.74, 6) is -2.29. The second-order valence-electron chi connectivity index (χ2n) is 4.62. The SMILES string of the molecule is CNC(=O)NC(=O)[C@@H](C)OC(=O)Cn1c(=O)oc2ccccc21. The molecule has 2 rings (SSSR count). The van der Waals surface area contributed by atoms with Crippen LogP contribution in [0.25, 0.3) is 11.1 Å². The summed E-state index contributed by atoms with van der Waals surface area (Å²) in [6, 6.07) is 5.89. The summed E-state index contributed by atoms with van der Waals surface area (Å²) in [6.07, 6.45) is -1.19. The van der Waals surface area contributed by atoms with Crippen molar-refractivity contribution in [3.05, 3.63) is 34.8 Å². The van der Waals surface area contributed by atoms with Gasteiger partial charge in [-0.2, -0.15) is 0 Å². The number of esters is 1. The monoisotopic (exact) mass is 321 g/mol. The molecule has 0 saturated heterocycles. The van der Waals surface area contributed by atoms with Crippen LogP contribution in [0.2, 0.25) is 0 Å². The fraction of sp³-hybridized carbons (Fsp3) is 0.286. The quantitative estimate of drug-likeness (QED) is 0.764. The highest BCUT2D eigenvalue weighted by Gasteiger charge is 2.21. The molecule has 3 amide bonds. The third kappa shape index (κ3) is 3.76. The second-order valence-corrected chi connectivity index (χ2v) is 4.62. The smallest absolute Gasteiger partial charge is 0.420 e. The molecule has 9 nitrogen and oxygen atoms in total. The first-order valence-electron chi connectivity index (χ1n) is 6.72. The number of fused-ring (bicyclic) bond motifs is 1. The largest absolute Gasteiger partial charge is 0.451 e. The fourth-order valence-electron chi connectivity index (χ4n) is 1.86. The van der Waals surface area contributed by atoms with Crippen LogP contribution >= 0.6 is 0 Å². The number of ether oxygens (including phenoxy) is 1. The molecular weight excluding hydrogens is 306 g/mol. The number of nitrogens with one attached hydrogen (secondary N) is 2. The molecule has 0 bridgehead atoms. The fourth-order valence-corrected chi connectivity index (χ4v) is 1.86. The molecule has 1 aromatic heterocycles. The van der Waals surface area contributed by atoms with Gasteiger partial charge in [-0.3, -0.25) is 19.5 Å². The van der Waals surface area contributed by atoms with E-state index < -0.39 is 36.3 Å². The Labute approximate surface area is 130 Å². The zero-order chi connectivity index (χ0) is 17.0. The molecule has 1 aromatic carbocycles. The maximum Gasteiger partial charge on any atom is 0.420 e. The highest BCUT2D eigenvalue weighted by molar-refractivity contribution is 5.97. The van der Waals surface area contributed by atoms with E-state index in [-0.39, 0.29) is 0 Å². The van der Waals surface area contributed by atoms with Gasteiger partial charge in [0.2, 0.25) is 0 Å². The number of nitrogens with zero attached hydrogens (tertiary/aromatic N) is 1. The van der Waals surface area contributed by atoms with Gasteiger partial charge in [0.1, 0.15) is 6.54 Å². The van der Waals surface area contributed by atoms with Crippen molar-refractivity contribution in [1.29, 1.82) is 0 Å². The molecule has 122 valence electrons. The van der Waals surface area contributed by atoms with Gasteiger partial charge in [-0.25, -0.2) is 9.59 Å². The minimum atomic E-state index is -1.19. The maximum absolute atomic E-state index is 11.9. The van der Waals surface area contributed by atoms with Gasteiger partial charge >= 0.3 is 17.8 Å². The average Bonchev–Trinajstić information content (AvgIpc) is 2.83. The van der Waals surface area contributed by atoms with Gasteiger partial charge in [-0.1, -0.05) is 12.1 Å². The molecule has 1 heterocycles. The number of carbonyl (C=O) groups is 3. The van der Waals surface area contributed by atoms with E-state index >= 15 is 0 Å². The van der Waals surface area contributed by atoms with Crippen molar-refractivity contribution < 1.29 is 23.5 Å². The summed E-state index contributed by atoms with van der Waals surface area (Å²) >= 11 is 0. The van der Waals surface area contributed by atoms with E-state index in [0.29, 0.717) is 11.1 Å². The van der Waals surface area contributed by atoms with Gasteiger partial charge < -0.3 is 14.5 Å². The molecule has 2 N–H and O–H groups in total. The molecule has 9 heteroatoms. The minimum Gasteiger partial charge on any atom is -0.451 e. The van der Waals surface area contributed by atoms with Gasteiger partial charge in [0, 0.05) is 7.05 Å². The summed E-state index contributed by atoms with van der Waals surface area (Å²) in [6.45, 7) is 0.903. The lowest BCUT2D eigenvalue weighted by molar-refractivity contribution is -0.155. The van der Waals surface area contributed by atoms with Crippen LogP contribution in [0.1, 0.15) is 6.92 Å². The number of benzene rings is 1. The standard InChI is InChI=1S/C14H15N3O6/c1-8(12(19)16-13(20)15-2)22-11(18)7-17-9-5-3-4-6-10(9)23-14(17)21/h3-6,8H,7H2,1-2H3,(H2,15,16,19,20)/t8-/m1/s1. The van der Waals surface area contributed by atoms with Crippen molar-refractivity contribution in [2.45, 2.75) is 19.6 Å². The van der Waals surface area contributed by atoms with Gasteiger partial charge in [-0.15, -0.1) is 0 Å². The summed E-state index contributed by atoms with van der Waals surface area (Å²) < 4.78 is 11.0. The second kappa shape index (κ2) is 6.77. The van der Waals surface area contributed by atoms with Crippen LogP contribution in [-0.4, -0.2) is 35.6 Å². The first-order chi connectivity index (χ1) is 10.9. The van der Waals surface area contributed by atoms with Crippen molar-refractivity contribution in [1.82, 2.24) is 15.2 Å². The number of aromatic nitrogens is 1. The molecule has 2 aromatic rings. The van der Waals surface area contributed by atoms with E-state index in [4.69, 9.17) is 9.15 Å². The highest BCUT2D eigenvalue weighted by Crippen LogP contribution is 2.11. The van der Waals surface area contributed by atoms with E-state index in [2.05, 4.69) is 5.32 Å². The van der Waals surface area contributed by atoms with Crippen LogP contribution in [-0.2, 0) is 20.9 Å². The lowest BCUT2D eigenvalue weighted by atomic mass is 10.3. The average molecular weight is 321 g/mol. The normalized spacial score (nSPS) is 11.7. The number of carbonyl (C=O) groups excluding carboxylic acids is 3. The lowest BCUT2D eigenvalue weighted by Gasteiger charge is -2.12. The Balaban J connectivity index is 2.04. The van der Waals surface area contributed by atoms with Crippen molar-refractivity contribution >= 4 is 29.0 Å². The van der Waals surface area contributed by atoms with Gasteiger partial charge in [0.05, 0.1) is 5.52 Å². The number of oxazole rings is 1. The van der Waals surface area contributed by atoms with Crippen molar-refractivity contribution in [2.24, 2.45) is 0 Å². The van der Waals surface area contributed by atoms with E-state index in [0.717, 1.165) is 4.57 Å². The zero-order valence-electron chi connectivity index (χ0n) is 12.5. The van der Waals surface area contributed by atoms with Gasteiger partial charge in [0.15, 0.2) is 11.7 Å². The Morgan fingerprint density at radius 2 is 2.00 bits per heavy atom. The van der Waals surface area contributed by atoms with Gasteiger partial charge in [-0.05, 0) is 19.1 Å². The number of rotatable bonds is 4. The van der Waals surface area contributed by atoms with E-state index in [1.165, 1.54) is 14.0 Å². The lowest BCUT2D eigenvalue weighted by Crippen LogP contribution is -2.43. The van der Waals surface area contributed by atoms with Crippen molar-refractivity contribution in [3.8, 4) is 0 Å². The first-order valence-corrected chi connectivity index (χ1v) is 6.72. The molecule has 0 spiro atoms. The number of hydrogen-bond acceptors (Lipinski definition) is 6. The maximum atomic E-state index is 11.9. The van der Waals surface area contributed by atoms with Crippen LogP contribution in [0.4, 0.5) is 4.79 Å². The Kier molecular flexibility index (Phi) is 4.79.